The van der Waals surface area contributed by atoms with Crippen molar-refractivity contribution in [3.8, 4) is 0 Å². The van der Waals surface area contributed by atoms with Gasteiger partial charge in [0.2, 0.25) is 0 Å². The smallest absolute Gasteiger partial charge is 0.411 e. The van der Waals surface area contributed by atoms with Crippen molar-refractivity contribution in [2.75, 3.05) is 9.96 Å². The number of hydrogen-bond acceptors (Lipinski definition) is 2. The summed E-state index contributed by atoms with van der Waals surface area (Å²) in [7, 11) is -3.44. The maximum atomic E-state index is 3.80. The van der Waals surface area contributed by atoms with Crippen molar-refractivity contribution in [1.82, 2.24) is 0 Å². The Bertz CT molecular complexity index is 1190. The molecule has 2 nitrogen and oxygen atoms in total. The van der Waals surface area contributed by atoms with E-state index >= 15 is 0 Å². The van der Waals surface area contributed by atoms with Crippen LogP contribution >= 0.6 is 0 Å². The fourth-order valence-corrected chi connectivity index (χ4v) is 11.2. The molecule has 2 aromatic rings. The number of hydrogen-bond donors (Lipinski definition) is 2. The van der Waals surface area contributed by atoms with Crippen molar-refractivity contribution in [3.63, 3.8) is 0 Å². The minimum absolute atomic E-state index is 0. The normalized spacial score (nSPS) is 23.0. The second-order valence-corrected chi connectivity index (χ2v) is 21.5. The number of allylic oxidation sites excluding steroid dienone is 8. The molecule has 0 radical (unpaired) electrons. The molecule has 5 heteroatoms. The van der Waals surface area contributed by atoms with Gasteiger partial charge in [-0.3, -0.25) is 12.2 Å². The Morgan fingerprint density at radius 2 is 0.821 bits per heavy atom. The molecular formula is C34H48N2Si2Zr. The molecular weight excluding hydrogens is 584 g/mol. The van der Waals surface area contributed by atoms with E-state index in [-0.39, 0.29) is 36.3 Å². The minimum atomic E-state index is -1.72. The van der Waals surface area contributed by atoms with Crippen molar-refractivity contribution in [3.05, 3.63) is 106 Å². The molecule has 2 aliphatic rings. The summed E-state index contributed by atoms with van der Waals surface area (Å²) in [4.78, 5) is 7.60. The van der Waals surface area contributed by atoms with Crippen LogP contribution in [0.5, 0.6) is 0 Å². The van der Waals surface area contributed by atoms with Gasteiger partial charge in [0.05, 0.1) is 0 Å². The average Bonchev–Trinajstić information content (AvgIpc) is 3.20. The third-order valence-electron chi connectivity index (χ3n) is 9.59. The molecule has 0 saturated heterocycles. The molecule has 0 heterocycles. The summed E-state index contributed by atoms with van der Waals surface area (Å²) < 4.78 is 0. The van der Waals surface area contributed by atoms with E-state index in [0.717, 1.165) is 0 Å². The Kier molecular flexibility index (Phi) is 10.7. The van der Waals surface area contributed by atoms with Crippen LogP contribution in [0.1, 0.15) is 55.4 Å². The summed E-state index contributed by atoms with van der Waals surface area (Å²) >= 11 is 0. The van der Waals surface area contributed by atoms with Crippen LogP contribution in [0.4, 0.5) is 11.4 Å². The molecule has 0 aliphatic heterocycles. The summed E-state index contributed by atoms with van der Waals surface area (Å²) in [5.41, 5.74) is 10.9. The van der Waals surface area contributed by atoms with Gasteiger partial charge in [0, 0.05) is 11.4 Å². The van der Waals surface area contributed by atoms with E-state index in [1.807, 2.05) is 0 Å². The predicted octanol–water partition coefficient (Wildman–Crippen LogP) is 10.3. The number of benzene rings is 2. The van der Waals surface area contributed by atoms with Gasteiger partial charge in [0.25, 0.3) is 0 Å². The number of para-hydroxylation sites is 2. The van der Waals surface area contributed by atoms with Crippen LogP contribution in [0.15, 0.2) is 94.1 Å². The van der Waals surface area contributed by atoms with Crippen LogP contribution in [0, 0.1) is 12.2 Å². The summed E-state index contributed by atoms with van der Waals surface area (Å²) in [6, 6.07) is 21.1. The zero-order valence-corrected chi connectivity index (χ0v) is 30.7. The molecule has 0 fully saturated rings. The van der Waals surface area contributed by atoms with Gasteiger partial charge in [-0.15, -0.1) is 13.8 Å². The van der Waals surface area contributed by atoms with Crippen LogP contribution in [0.25, 0.3) is 0 Å². The first kappa shape index (κ1) is 33.5. The van der Waals surface area contributed by atoms with E-state index in [2.05, 4.69) is 164 Å². The summed E-state index contributed by atoms with van der Waals surface area (Å²) in [5.74, 6) is 0. The van der Waals surface area contributed by atoms with Gasteiger partial charge in [-0.1, -0.05) is 114 Å². The van der Waals surface area contributed by atoms with Crippen molar-refractivity contribution >= 4 is 27.8 Å². The molecule has 2 atom stereocenters. The first-order valence-corrected chi connectivity index (χ1v) is 19.8. The average molecular weight is 632 g/mol. The van der Waals surface area contributed by atoms with Crippen LogP contribution in [0.3, 0.4) is 0 Å². The molecule has 0 aromatic heterocycles. The molecule has 0 amide bonds. The summed E-state index contributed by atoms with van der Waals surface area (Å²) in [6.45, 7) is 27.6. The standard InChI is InChI=1S/2C17H24NSi.Zr/c2*1-13-12-17(4,15(3)14(13)2)19(5,6)18-16-10-8-7-9-11-16;/h2*7-11,18H,1-6H3;/q2*-1;+2. The monoisotopic (exact) mass is 630 g/mol. The predicted molar refractivity (Wildman–Crippen MR) is 173 cm³/mol. The van der Waals surface area contributed by atoms with E-state index in [1.54, 1.807) is 0 Å². The SMILES string of the molecule is CC1=[C-]C(C)([Si](C)(C)Nc2ccccc2)C(C)=C1C.CC1=[C-]C(C)([Si](C)(C)Nc2ccccc2)C(C)=C1C.[Zr+2]. The molecule has 0 bridgehead atoms. The van der Waals surface area contributed by atoms with E-state index in [1.165, 1.54) is 44.8 Å². The number of nitrogens with one attached hydrogen (secondary N) is 2. The zero-order chi connectivity index (χ0) is 28.5. The van der Waals surface area contributed by atoms with Gasteiger partial charge in [-0.2, -0.15) is 22.3 Å². The van der Waals surface area contributed by atoms with Gasteiger partial charge in [-0.25, -0.2) is 11.1 Å². The Balaban J connectivity index is 0.000000267. The van der Waals surface area contributed by atoms with E-state index in [0.29, 0.717) is 0 Å². The van der Waals surface area contributed by atoms with Crippen LogP contribution < -0.4 is 9.96 Å². The molecule has 2 aliphatic carbocycles. The Morgan fingerprint density at radius 1 is 0.538 bits per heavy atom. The van der Waals surface area contributed by atoms with Gasteiger partial charge in [0.15, 0.2) is 0 Å². The molecule has 2 aromatic carbocycles. The third kappa shape index (κ3) is 6.63. The van der Waals surface area contributed by atoms with E-state index in [9.17, 15) is 0 Å². The van der Waals surface area contributed by atoms with Crippen molar-refractivity contribution in [2.45, 2.75) is 91.7 Å². The number of rotatable bonds is 6. The Labute approximate surface area is 260 Å². The second kappa shape index (κ2) is 12.5. The Morgan fingerprint density at radius 3 is 1.05 bits per heavy atom. The molecule has 0 spiro atoms. The van der Waals surface area contributed by atoms with Gasteiger partial charge in [0.1, 0.15) is 16.5 Å². The number of anilines is 2. The second-order valence-electron chi connectivity index (χ2n) is 12.5. The fraction of sp³-hybridized carbons (Fsp3) is 0.412. The van der Waals surface area contributed by atoms with E-state index < -0.39 is 16.5 Å². The first-order chi connectivity index (χ1) is 17.6. The molecule has 4 rings (SSSR count). The van der Waals surface area contributed by atoms with Crippen molar-refractivity contribution in [1.29, 1.82) is 0 Å². The first-order valence-electron chi connectivity index (χ1n) is 13.8. The quantitative estimate of drug-likeness (QED) is 0.245. The van der Waals surface area contributed by atoms with E-state index in [4.69, 9.17) is 0 Å². The molecule has 39 heavy (non-hydrogen) atoms. The maximum Gasteiger partial charge on any atom is 2.00 e. The molecule has 206 valence electrons. The van der Waals surface area contributed by atoms with Crippen molar-refractivity contribution in [2.24, 2.45) is 0 Å². The molecule has 0 saturated carbocycles. The largest absolute Gasteiger partial charge is 2.00 e. The van der Waals surface area contributed by atoms with Gasteiger partial charge in [-0.05, 0) is 24.3 Å². The minimum Gasteiger partial charge on any atom is -0.411 e. The van der Waals surface area contributed by atoms with Crippen molar-refractivity contribution < 1.29 is 26.2 Å². The van der Waals surface area contributed by atoms with Crippen LogP contribution in [-0.2, 0) is 26.2 Å². The maximum absolute atomic E-state index is 3.80. The summed E-state index contributed by atoms with van der Waals surface area (Å²) in [6.07, 6.45) is 7.46. The van der Waals surface area contributed by atoms with Gasteiger partial charge < -0.3 is 9.96 Å². The van der Waals surface area contributed by atoms with Gasteiger partial charge >= 0.3 is 26.2 Å². The molecule has 2 N–H and O–H groups in total. The zero-order valence-electron chi connectivity index (χ0n) is 26.3. The fourth-order valence-electron chi connectivity index (χ4n) is 5.70. The van der Waals surface area contributed by atoms with Crippen LogP contribution in [-0.4, -0.2) is 16.5 Å². The topological polar surface area (TPSA) is 24.1 Å². The Hall–Kier alpha value is -1.68. The third-order valence-corrected chi connectivity index (χ3v) is 17.4. The molecule has 2 unspecified atom stereocenters. The summed E-state index contributed by atoms with van der Waals surface area (Å²) in [5, 5.41) is 0.133. The van der Waals surface area contributed by atoms with Crippen LogP contribution in [0.2, 0.25) is 36.3 Å².